The summed E-state index contributed by atoms with van der Waals surface area (Å²) in [5.41, 5.74) is 0.658. The normalized spacial score (nSPS) is 28.3. The molecule has 3 heterocycles. The fourth-order valence-electron chi connectivity index (χ4n) is 4.32. The maximum Gasteiger partial charge on any atom is 0.251 e. The molecule has 0 radical (unpaired) electrons. The first kappa shape index (κ1) is 18.3. The van der Waals surface area contributed by atoms with Crippen molar-refractivity contribution in [3.63, 3.8) is 0 Å². The molecular formula is C20H25N3O3S. The summed E-state index contributed by atoms with van der Waals surface area (Å²) < 4.78 is 0. The van der Waals surface area contributed by atoms with E-state index in [2.05, 4.69) is 12.2 Å². The lowest BCUT2D eigenvalue weighted by Gasteiger charge is -2.36. The van der Waals surface area contributed by atoms with Crippen molar-refractivity contribution in [3.05, 3.63) is 35.9 Å². The van der Waals surface area contributed by atoms with Crippen LogP contribution in [0.2, 0.25) is 0 Å². The second kappa shape index (κ2) is 7.19. The van der Waals surface area contributed by atoms with Crippen LogP contribution in [0, 0.1) is 0 Å². The number of amides is 3. The first-order valence-electron chi connectivity index (χ1n) is 9.59. The van der Waals surface area contributed by atoms with Gasteiger partial charge in [-0.3, -0.25) is 14.4 Å². The molecule has 3 aliphatic rings. The molecule has 0 spiro atoms. The van der Waals surface area contributed by atoms with Crippen LogP contribution >= 0.6 is 11.8 Å². The molecule has 0 saturated carbocycles. The van der Waals surface area contributed by atoms with Crippen LogP contribution in [0.15, 0.2) is 30.3 Å². The molecule has 144 valence electrons. The van der Waals surface area contributed by atoms with E-state index in [1.807, 2.05) is 28.0 Å². The average Bonchev–Trinajstić information content (AvgIpc) is 3.18. The fourth-order valence-corrected chi connectivity index (χ4v) is 5.74. The van der Waals surface area contributed by atoms with Crippen molar-refractivity contribution < 1.29 is 14.4 Å². The number of thioether (sulfide) groups is 1. The summed E-state index contributed by atoms with van der Waals surface area (Å²) >= 11 is 1.73. The summed E-state index contributed by atoms with van der Waals surface area (Å²) in [4.78, 5) is 41.1. The molecular weight excluding hydrogens is 362 g/mol. The van der Waals surface area contributed by atoms with Crippen LogP contribution in [0.1, 0.15) is 43.0 Å². The van der Waals surface area contributed by atoms with Gasteiger partial charge in [-0.1, -0.05) is 18.2 Å². The SMILES string of the molecule is C[C@@]12CCC(=O)N1[C@@H](C(=O)N1CCC(NC(=O)c3ccccc3)CC1)CS2. The highest BCUT2D eigenvalue weighted by molar-refractivity contribution is 8.01. The number of piperidine rings is 1. The van der Waals surface area contributed by atoms with Crippen molar-refractivity contribution in [2.45, 2.75) is 49.6 Å². The number of carbonyl (C=O) groups is 3. The summed E-state index contributed by atoms with van der Waals surface area (Å²) in [7, 11) is 0. The van der Waals surface area contributed by atoms with Crippen molar-refractivity contribution in [3.8, 4) is 0 Å². The molecule has 27 heavy (non-hydrogen) atoms. The van der Waals surface area contributed by atoms with E-state index in [0.29, 0.717) is 30.8 Å². The van der Waals surface area contributed by atoms with E-state index in [1.54, 1.807) is 23.9 Å². The van der Waals surface area contributed by atoms with Crippen molar-refractivity contribution in [1.29, 1.82) is 0 Å². The second-order valence-corrected chi connectivity index (χ2v) is 9.21. The van der Waals surface area contributed by atoms with Gasteiger partial charge < -0.3 is 15.1 Å². The van der Waals surface area contributed by atoms with Crippen LogP contribution in [-0.2, 0) is 9.59 Å². The zero-order valence-corrected chi connectivity index (χ0v) is 16.3. The molecule has 2 atom stereocenters. The maximum atomic E-state index is 13.0. The molecule has 1 N–H and O–H groups in total. The summed E-state index contributed by atoms with van der Waals surface area (Å²) in [5.74, 6) is 0.789. The largest absolute Gasteiger partial charge is 0.349 e. The molecule has 1 aromatic carbocycles. The summed E-state index contributed by atoms with van der Waals surface area (Å²) in [5, 5.41) is 3.07. The van der Waals surface area contributed by atoms with E-state index in [-0.39, 0.29) is 34.7 Å². The molecule has 3 aliphatic heterocycles. The zero-order chi connectivity index (χ0) is 19.0. The third kappa shape index (κ3) is 3.45. The third-order valence-electron chi connectivity index (χ3n) is 5.91. The van der Waals surface area contributed by atoms with E-state index in [9.17, 15) is 14.4 Å². The molecule has 0 aromatic heterocycles. The van der Waals surface area contributed by atoms with E-state index >= 15 is 0 Å². The predicted molar refractivity (Wildman–Crippen MR) is 104 cm³/mol. The van der Waals surface area contributed by atoms with Crippen molar-refractivity contribution >= 4 is 29.5 Å². The van der Waals surface area contributed by atoms with E-state index < -0.39 is 0 Å². The summed E-state index contributed by atoms with van der Waals surface area (Å²) in [6, 6.07) is 8.94. The topological polar surface area (TPSA) is 69.7 Å². The minimum atomic E-state index is -0.328. The van der Waals surface area contributed by atoms with Gasteiger partial charge in [-0.05, 0) is 38.3 Å². The molecule has 0 bridgehead atoms. The molecule has 3 saturated heterocycles. The van der Waals surface area contributed by atoms with Crippen LogP contribution in [0.3, 0.4) is 0 Å². The standard InChI is InChI=1S/C20H25N3O3S/c1-20-10-7-17(24)23(20)16(13-27-20)19(26)22-11-8-15(9-12-22)21-18(25)14-5-3-2-4-6-14/h2-6,15-16H,7-13H2,1H3,(H,21,25)/t16-,20-/m1/s1. The molecule has 7 heteroatoms. The van der Waals surface area contributed by atoms with E-state index in [0.717, 1.165) is 19.3 Å². The van der Waals surface area contributed by atoms with Gasteiger partial charge in [0.15, 0.2) is 0 Å². The Morgan fingerprint density at radius 2 is 1.89 bits per heavy atom. The van der Waals surface area contributed by atoms with Gasteiger partial charge in [0.2, 0.25) is 11.8 Å². The quantitative estimate of drug-likeness (QED) is 0.860. The average molecular weight is 388 g/mol. The van der Waals surface area contributed by atoms with Crippen molar-refractivity contribution in [2.75, 3.05) is 18.8 Å². The van der Waals surface area contributed by atoms with Gasteiger partial charge in [0, 0.05) is 36.9 Å². The number of carbonyl (C=O) groups excluding carboxylic acids is 3. The third-order valence-corrected chi connectivity index (χ3v) is 7.41. The highest BCUT2D eigenvalue weighted by atomic mass is 32.2. The van der Waals surface area contributed by atoms with Gasteiger partial charge >= 0.3 is 0 Å². The lowest BCUT2D eigenvalue weighted by molar-refractivity contribution is -0.144. The number of nitrogens with one attached hydrogen (secondary N) is 1. The first-order valence-corrected chi connectivity index (χ1v) is 10.6. The van der Waals surface area contributed by atoms with Gasteiger partial charge in [-0.25, -0.2) is 0 Å². The van der Waals surface area contributed by atoms with Crippen molar-refractivity contribution in [1.82, 2.24) is 15.1 Å². The number of likely N-dealkylation sites (tertiary alicyclic amines) is 1. The summed E-state index contributed by atoms with van der Waals surface area (Å²) in [6.07, 6.45) is 2.86. The van der Waals surface area contributed by atoms with E-state index in [1.165, 1.54) is 0 Å². The number of fused-ring (bicyclic) bond motifs is 1. The van der Waals surface area contributed by atoms with Crippen LogP contribution < -0.4 is 5.32 Å². The van der Waals surface area contributed by atoms with Crippen LogP contribution in [0.25, 0.3) is 0 Å². The number of benzene rings is 1. The van der Waals surface area contributed by atoms with Gasteiger partial charge in [0.1, 0.15) is 6.04 Å². The van der Waals surface area contributed by atoms with Crippen LogP contribution in [0.4, 0.5) is 0 Å². The molecule has 3 fully saturated rings. The lowest BCUT2D eigenvalue weighted by Crippen LogP contribution is -2.54. The fraction of sp³-hybridized carbons (Fsp3) is 0.550. The van der Waals surface area contributed by atoms with Gasteiger partial charge in [-0.2, -0.15) is 0 Å². The highest BCUT2D eigenvalue weighted by Crippen LogP contribution is 2.47. The van der Waals surface area contributed by atoms with Crippen molar-refractivity contribution in [2.24, 2.45) is 0 Å². The Hall–Kier alpha value is -2.02. The minimum absolute atomic E-state index is 0.0639. The molecule has 0 aliphatic carbocycles. The lowest BCUT2D eigenvalue weighted by atomic mass is 10.0. The Kier molecular flexibility index (Phi) is 4.88. The Morgan fingerprint density at radius 1 is 1.19 bits per heavy atom. The Labute approximate surface area is 163 Å². The number of hydrogen-bond donors (Lipinski definition) is 1. The van der Waals surface area contributed by atoms with Crippen LogP contribution in [-0.4, -0.2) is 63.3 Å². The molecule has 6 nitrogen and oxygen atoms in total. The Morgan fingerprint density at radius 3 is 2.59 bits per heavy atom. The zero-order valence-electron chi connectivity index (χ0n) is 15.5. The number of hydrogen-bond acceptors (Lipinski definition) is 4. The Bertz CT molecular complexity index is 748. The number of nitrogens with zero attached hydrogens (tertiary/aromatic N) is 2. The molecule has 4 rings (SSSR count). The van der Waals surface area contributed by atoms with Crippen LogP contribution in [0.5, 0.6) is 0 Å². The molecule has 0 unspecified atom stereocenters. The molecule has 3 amide bonds. The monoisotopic (exact) mass is 387 g/mol. The van der Waals surface area contributed by atoms with E-state index in [4.69, 9.17) is 0 Å². The first-order chi connectivity index (χ1) is 13.0. The second-order valence-electron chi connectivity index (χ2n) is 7.70. The van der Waals surface area contributed by atoms with Gasteiger partial charge in [0.25, 0.3) is 5.91 Å². The van der Waals surface area contributed by atoms with Gasteiger partial charge in [-0.15, -0.1) is 11.8 Å². The molecule has 1 aromatic rings. The predicted octanol–water partition coefficient (Wildman–Crippen LogP) is 1.86. The minimum Gasteiger partial charge on any atom is -0.349 e. The van der Waals surface area contributed by atoms with Gasteiger partial charge in [0.05, 0.1) is 4.87 Å². The maximum absolute atomic E-state index is 13.0. The highest BCUT2D eigenvalue weighted by Gasteiger charge is 2.53. The number of rotatable bonds is 3. The summed E-state index contributed by atoms with van der Waals surface area (Å²) in [6.45, 7) is 3.32. The smallest absolute Gasteiger partial charge is 0.251 e. The Balaban J connectivity index is 1.32.